The van der Waals surface area contributed by atoms with Crippen LogP contribution in [0.15, 0.2) is 67.0 Å². The largest absolute Gasteiger partial charge is 0.486 e. The number of esters is 1. The molecule has 0 radical (unpaired) electrons. The number of carbonyl (C=O) groups excluding carboxylic acids is 1. The van der Waals surface area contributed by atoms with Gasteiger partial charge in [-0.05, 0) is 41.8 Å². The molecule has 174 valence electrons. The van der Waals surface area contributed by atoms with Crippen molar-refractivity contribution in [3.63, 3.8) is 0 Å². The van der Waals surface area contributed by atoms with Crippen LogP contribution in [0.5, 0.6) is 5.75 Å². The van der Waals surface area contributed by atoms with Gasteiger partial charge in [0.25, 0.3) is 0 Å². The fraction of sp³-hybridized carbons (Fsp3) is 0.320. The van der Waals surface area contributed by atoms with E-state index >= 15 is 0 Å². The number of aromatic nitrogens is 1. The third-order valence-electron chi connectivity index (χ3n) is 5.91. The van der Waals surface area contributed by atoms with E-state index < -0.39 is 41.0 Å². The Morgan fingerprint density at radius 3 is 2.45 bits per heavy atom. The number of ether oxygens (including phenoxy) is 2. The topological polar surface area (TPSA) is 40.5 Å². The number of carbonyl (C=O) groups is 1. The zero-order valence-electron chi connectivity index (χ0n) is 18.1. The van der Waals surface area contributed by atoms with E-state index in [4.69, 9.17) is 9.47 Å². The first-order valence-electron chi connectivity index (χ1n) is 10.4. The summed E-state index contributed by atoms with van der Waals surface area (Å²) < 4.78 is 65.0. The van der Waals surface area contributed by atoms with Crippen molar-refractivity contribution < 1.29 is 31.8 Å². The van der Waals surface area contributed by atoms with Gasteiger partial charge < -0.3 is 14.0 Å². The SMILES string of the molecule is CC1(C)C(Oc2ccc(C(F)(F)F)cc2F)C1C(=O)OCn1ccc(Cc2ccccc2)c1. The van der Waals surface area contributed by atoms with Crippen LogP contribution in [0.1, 0.15) is 30.5 Å². The molecule has 0 spiro atoms. The van der Waals surface area contributed by atoms with Crippen LogP contribution in [0, 0.1) is 17.2 Å². The Hall–Kier alpha value is -3.29. The maximum atomic E-state index is 14.1. The Balaban J connectivity index is 1.34. The molecule has 4 rings (SSSR count). The van der Waals surface area contributed by atoms with E-state index in [-0.39, 0.29) is 12.5 Å². The zero-order valence-corrected chi connectivity index (χ0v) is 18.1. The minimum absolute atomic E-state index is 0.0154. The lowest BCUT2D eigenvalue weighted by molar-refractivity contribution is -0.150. The highest BCUT2D eigenvalue weighted by molar-refractivity contribution is 5.78. The lowest BCUT2D eigenvalue weighted by atomic mass is 10.1. The molecule has 1 aliphatic carbocycles. The molecule has 0 aliphatic heterocycles. The summed E-state index contributed by atoms with van der Waals surface area (Å²) in [6, 6.07) is 14.0. The van der Waals surface area contributed by atoms with Crippen LogP contribution in [0.2, 0.25) is 0 Å². The second-order valence-electron chi connectivity index (χ2n) is 8.77. The molecule has 1 fully saturated rings. The quantitative estimate of drug-likeness (QED) is 0.328. The van der Waals surface area contributed by atoms with Gasteiger partial charge in [-0.15, -0.1) is 0 Å². The van der Waals surface area contributed by atoms with Crippen LogP contribution in [-0.2, 0) is 28.9 Å². The lowest BCUT2D eigenvalue weighted by Gasteiger charge is -2.11. The second kappa shape index (κ2) is 8.57. The van der Waals surface area contributed by atoms with E-state index in [0.29, 0.717) is 6.07 Å². The number of benzene rings is 2. The maximum absolute atomic E-state index is 14.1. The molecule has 1 aliphatic rings. The van der Waals surface area contributed by atoms with Crippen LogP contribution in [0.3, 0.4) is 0 Å². The van der Waals surface area contributed by atoms with Gasteiger partial charge in [0.2, 0.25) is 0 Å². The smallest absolute Gasteiger partial charge is 0.416 e. The highest BCUT2D eigenvalue weighted by atomic mass is 19.4. The third kappa shape index (κ3) is 5.05. The molecular formula is C25H23F4NO3. The van der Waals surface area contributed by atoms with Gasteiger partial charge in [0, 0.05) is 17.8 Å². The van der Waals surface area contributed by atoms with Crippen molar-refractivity contribution in [3.05, 3.63) is 89.5 Å². The summed E-state index contributed by atoms with van der Waals surface area (Å²) in [4.78, 5) is 12.6. The Kier molecular flexibility index (Phi) is 5.95. The molecule has 1 saturated carbocycles. The summed E-state index contributed by atoms with van der Waals surface area (Å²) in [6.45, 7) is 3.54. The molecule has 4 nitrogen and oxygen atoms in total. The normalized spacial score (nSPS) is 19.2. The molecule has 2 unspecified atom stereocenters. The summed E-state index contributed by atoms with van der Waals surface area (Å²) in [5, 5.41) is 0. The minimum atomic E-state index is -4.65. The molecule has 2 atom stereocenters. The van der Waals surface area contributed by atoms with Crippen molar-refractivity contribution in [2.75, 3.05) is 0 Å². The highest BCUT2D eigenvalue weighted by Gasteiger charge is 2.65. The number of rotatable bonds is 7. The average molecular weight is 461 g/mol. The van der Waals surface area contributed by atoms with Gasteiger partial charge in [-0.1, -0.05) is 44.2 Å². The van der Waals surface area contributed by atoms with Crippen LogP contribution >= 0.6 is 0 Å². The number of alkyl halides is 3. The van der Waals surface area contributed by atoms with Gasteiger partial charge in [0.15, 0.2) is 18.3 Å². The summed E-state index contributed by atoms with van der Waals surface area (Å²) in [6.07, 6.45) is -0.885. The monoisotopic (exact) mass is 461 g/mol. The first-order chi connectivity index (χ1) is 15.6. The molecule has 1 heterocycles. The summed E-state index contributed by atoms with van der Waals surface area (Å²) in [5.41, 5.74) is 0.503. The number of hydrogen-bond acceptors (Lipinski definition) is 3. The molecule has 0 N–H and O–H groups in total. The Labute approximate surface area is 188 Å². The van der Waals surface area contributed by atoms with Gasteiger partial charge in [-0.2, -0.15) is 13.2 Å². The van der Waals surface area contributed by atoms with E-state index in [0.717, 1.165) is 24.1 Å². The van der Waals surface area contributed by atoms with Crippen molar-refractivity contribution in [3.8, 4) is 5.75 Å². The predicted octanol–water partition coefficient (Wildman–Crippen LogP) is 5.84. The minimum Gasteiger partial charge on any atom is -0.486 e. The fourth-order valence-corrected chi connectivity index (χ4v) is 3.88. The van der Waals surface area contributed by atoms with E-state index in [1.807, 2.05) is 48.8 Å². The molecule has 0 amide bonds. The molecule has 0 bridgehead atoms. The first-order valence-corrected chi connectivity index (χ1v) is 10.4. The molecule has 1 aromatic heterocycles. The van der Waals surface area contributed by atoms with Crippen molar-refractivity contribution in [2.24, 2.45) is 11.3 Å². The molecule has 8 heteroatoms. The highest BCUT2D eigenvalue weighted by Crippen LogP contribution is 2.55. The Morgan fingerprint density at radius 2 is 1.79 bits per heavy atom. The van der Waals surface area contributed by atoms with E-state index in [9.17, 15) is 22.4 Å². The summed E-state index contributed by atoms with van der Waals surface area (Å²) in [5.74, 6) is -2.61. The van der Waals surface area contributed by atoms with Gasteiger partial charge in [-0.25, -0.2) is 4.39 Å². The molecule has 2 aromatic carbocycles. The van der Waals surface area contributed by atoms with E-state index in [2.05, 4.69) is 0 Å². The molecule has 3 aromatic rings. The zero-order chi connectivity index (χ0) is 23.8. The standard InChI is InChI=1S/C25H23F4NO3/c1-24(2)21(22(24)33-20-9-8-18(13-19(20)26)25(27,28)29)23(31)32-15-30-11-10-17(14-30)12-16-6-4-3-5-7-16/h3-11,13-14,21-22H,12,15H2,1-2H3. The molecular weight excluding hydrogens is 438 g/mol. The number of halogens is 4. The van der Waals surface area contributed by atoms with E-state index in [1.165, 1.54) is 5.56 Å². The van der Waals surface area contributed by atoms with Crippen LogP contribution in [0.4, 0.5) is 17.6 Å². The summed E-state index contributed by atoms with van der Waals surface area (Å²) >= 11 is 0. The van der Waals surface area contributed by atoms with E-state index in [1.54, 1.807) is 18.4 Å². The number of nitrogens with zero attached hydrogens (tertiary/aromatic N) is 1. The maximum Gasteiger partial charge on any atom is 0.416 e. The van der Waals surface area contributed by atoms with Crippen molar-refractivity contribution in [1.82, 2.24) is 4.57 Å². The molecule has 0 saturated heterocycles. The van der Waals surface area contributed by atoms with Crippen molar-refractivity contribution in [2.45, 2.75) is 39.3 Å². The van der Waals surface area contributed by atoms with Gasteiger partial charge in [0.1, 0.15) is 12.0 Å². The third-order valence-corrected chi connectivity index (χ3v) is 5.91. The van der Waals surface area contributed by atoms with Gasteiger partial charge in [0.05, 0.1) is 5.56 Å². The van der Waals surface area contributed by atoms with Crippen LogP contribution in [0.25, 0.3) is 0 Å². The van der Waals surface area contributed by atoms with Crippen LogP contribution in [-0.4, -0.2) is 16.6 Å². The van der Waals surface area contributed by atoms with Crippen molar-refractivity contribution in [1.29, 1.82) is 0 Å². The predicted molar refractivity (Wildman–Crippen MR) is 113 cm³/mol. The number of hydrogen-bond donors (Lipinski definition) is 0. The Morgan fingerprint density at radius 1 is 1.06 bits per heavy atom. The molecule has 33 heavy (non-hydrogen) atoms. The van der Waals surface area contributed by atoms with Crippen molar-refractivity contribution >= 4 is 5.97 Å². The van der Waals surface area contributed by atoms with Crippen LogP contribution < -0.4 is 4.74 Å². The van der Waals surface area contributed by atoms with Gasteiger partial charge >= 0.3 is 12.1 Å². The summed E-state index contributed by atoms with van der Waals surface area (Å²) in [7, 11) is 0. The second-order valence-corrected chi connectivity index (χ2v) is 8.77. The average Bonchev–Trinajstić information content (AvgIpc) is 3.06. The Bertz CT molecular complexity index is 1140. The lowest BCUT2D eigenvalue weighted by Crippen LogP contribution is -2.15. The fourth-order valence-electron chi connectivity index (χ4n) is 3.88. The van der Waals surface area contributed by atoms with Gasteiger partial charge in [-0.3, -0.25) is 4.79 Å². The first kappa shape index (κ1) is 22.9.